The zero-order valence-corrected chi connectivity index (χ0v) is 9.24. The van der Waals surface area contributed by atoms with Crippen LogP contribution in [0.4, 0.5) is 0 Å². The summed E-state index contributed by atoms with van der Waals surface area (Å²) < 4.78 is 5.90. The van der Waals surface area contributed by atoms with Gasteiger partial charge in [0.2, 0.25) is 5.91 Å². The lowest BCUT2D eigenvalue weighted by Gasteiger charge is -2.02. The quantitative estimate of drug-likeness (QED) is 0.840. The molecule has 0 aromatic heterocycles. The predicted molar refractivity (Wildman–Crippen MR) is 58.9 cm³/mol. The van der Waals surface area contributed by atoms with E-state index in [1.807, 2.05) is 18.2 Å². The van der Waals surface area contributed by atoms with Gasteiger partial charge >= 0.3 is 0 Å². The summed E-state index contributed by atoms with van der Waals surface area (Å²) in [7, 11) is 1.60. The van der Waals surface area contributed by atoms with Gasteiger partial charge in [-0.3, -0.25) is 4.79 Å². The van der Waals surface area contributed by atoms with Gasteiger partial charge in [0.15, 0.2) is 0 Å². The van der Waals surface area contributed by atoms with Gasteiger partial charge in [0.1, 0.15) is 5.75 Å². The molecule has 1 aromatic rings. The van der Waals surface area contributed by atoms with E-state index in [0.717, 1.165) is 15.8 Å². The van der Waals surface area contributed by atoms with Crippen LogP contribution in [0.5, 0.6) is 5.75 Å². The van der Waals surface area contributed by atoms with Crippen molar-refractivity contribution in [2.45, 2.75) is 0 Å². The van der Waals surface area contributed by atoms with Crippen LogP contribution in [-0.4, -0.2) is 13.0 Å². The number of hydrogen-bond acceptors (Lipinski definition) is 2. The van der Waals surface area contributed by atoms with Crippen molar-refractivity contribution in [3.63, 3.8) is 0 Å². The van der Waals surface area contributed by atoms with E-state index in [4.69, 9.17) is 10.5 Å². The third-order valence-corrected chi connectivity index (χ3v) is 2.24. The third kappa shape index (κ3) is 2.88. The topological polar surface area (TPSA) is 52.3 Å². The van der Waals surface area contributed by atoms with Gasteiger partial charge in [-0.15, -0.1) is 0 Å². The molecule has 0 aliphatic rings. The van der Waals surface area contributed by atoms with Crippen molar-refractivity contribution < 1.29 is 9.53 Å². The van der Waals surface area contributed by atoms with E-state index in [-0.39, 0.29) is 0 Å². The molecule has 0 spiro atoms. The first-order chi connectivity index (χ1) is 6.63. The molecule has 0 unspecified atom stereocenters. The average Bonchev–Trinajstić information content (AvgIpc) is 2.15. The fourth-order valence-corrected chi connectivity index (χ4v) is 1.52. The summed E-state index contributed by atoms with van der Waals surface area (Å²) in [4.78, 5) is 10.5. The number of rotatable bonds is 3. The molecule has 4 heteroatoms. The van der Waals surface area contributed by atoms with Gasteiger partial charge in [0.05, 0.1) is 11.6 Å². The van der Waals surface area contributed by atoms with Crippen molar-refractivity contribution in [2.75, 3.05) is 7.11 Å². The van der Waals surface area contributed by atoms with Gasteiger partial charge < -0.3 is 10.5 Å². The maximum absolute atomic E-state index is 10.5. The average molecular weight is 256 g/mol. The van der Waals surface area contributed by atoms with Crippen LogP contribution in [0, 0.1) is 0 Å². The molecule has 0 atom stereocenters. The molecule has 1 rings (SSSR count). The molecule has 3 nitrogen and oxygen atoms in total. The highest BCUT2D eigenvalue weighted by molar-refractivity contribution is 9.10. The summed E-state index contributed by atoms with van der Waals surface area (Å²) in [6, 6.07) is 5.49. The Bertz CT molecular complexity index is 374. The van der Waals surface area contributed by atoms with Crippen molar-refractivity contribution in [1.82, 2.24) is 0 Å². The second-order valence-corrected chi connectivity index (χ2v) is 3.48. The summed E-state index contributed by atoms with van der Waals surface area (Å²) >= 11 is 3.34. The standard InChI is InChI=1S/C10H10BrNO2/c1-14-9-4-2-7(6-8(9)11)3-5-10(12)13/h2-6H,1H3,(H2,12,13)/b5-3+. The zero-order valence-electron chi connectivity index (χ0n) is 7.66. The summed E-state index contributed by atoms with van der Waals surface area (Å²) in [6.45, 7) is 0. The zero-order chi connectivity index (χ0) is 10.6. The summed E-state index contributed by atoms with van der Waals surface area (Å²) in [5.41, 5.74) is 5.86. The number of methoxy groups -OCH3 is 1. The molecule has 0 bridgehead atoms. The van der Waals surface area contributed by atoms with Crippen LogP contribution in [0.3, 0.4) is 0 Å². The number of benzene rings is 1. The molecule has 0 saturated carbocycles. The molecule has 0 saturated heterocycles. The Labute approximate surface area is 90.7 Å². The number of carbonyl (C=O) groups excluding carboxylic acids is 1. The number of hydrogen-bond donors (Lipinski definition) is 1. The normalized spacial score (nSPS) is 10.4. The molecule has 0 aliphatic heterocycles. The van der Waals surface area contributed by atoms with Crippen LogP contribution in [0.2, 0.25) is 0 Å². The monoisotopic (exact) mass is 255 g/mol. The minimum atomic E-state index is -0.461. The molecular formula is C10H10BrNO2. The Kier molecular flexibility index (Phi) is 3.71. The number of halogens is 1. The van der Waals surface area contributed by atoms with Crippen molar-refractivity contribution in [3.05, 3.63) is 34.3 Å². The Morgan fingerprint density at radius 2 is 2.29 bits per heavy atom. The van der Waals surface area contributed by atoms with Gasteiger partial charge in [-0.25, -0.2) is 0 Å². The molecule has 14 heavy (non-hydrogen) atoms. The molecule has 0 fully saturated rings. The number of primary amides is 1. The third-order valence-electron chi connectivity index (χ3n) is 1.62. The second kappa shape index (κ2) is 4.81. The SMILES string of the molecule is COc1ccc(/C=C/C(N)=O)cc1Br. The largest absolute Gasteiger partial charge is 0.496 e. The first-order valence-corrected chi connectivity index (χ1v) is 4.74. The van der Waals surface area contributed by atoms with E-state index in [9.17, 15) is 4.79 Å². The Morgan fingerprint density at radius 1 is 1.57 bits per heavy atom. The Morgan fingerprint density at radius 3 is 2.79 bits per heavy atom. The van der Waals surface area contributed by atoms with Crippen LogP contribution >= 0.6 is 15.9 Å². The minimum absolute atomic E-state index is 0.461. The van der Waals surface area contributed by atoms with Crippen LogP contribution in [0.25, 0.3) is 6.08 Å². The molecule has 0 radical (unpaired) electrons. The van der Waals surface area contributed by atoms with Crippen molar-refractivity contribution in [1.29, 1.82) is 0 Å². The van der Waals surface area contributed by atoms with Gasteiger partial charge in [-0.1, -0.05) is 6.07 Å². The highest BCUT2D eigenvalue weighted by Crippen LogP contribution is 2.25. The maximum atomic E-state index is 10.5. The first-order valence-electron chi connectivity index (χ1n) is 3.94. The van der Waals surface area contributed by atoms with Gasteiger partial charge in [-0.05, 0) is 39.7 Å². The molecular weight excluding hydrogens is 246 g/mol. The molecule has 74 valence electrons. The summed E-state index contributed by atoms with van der Waals surface area (Å²) in [5.74, 6) is 0.290. The van der Waals surface area contributed by atoms with Gasteiger partial charge in [-0.2, -0.15) is 0 Å². The smallest absolute Gasteiger partial charge is 0.241 e. The van der Waals surface area contributed by atoms with Gasteiger partial charge in [0.25, 0.3) is 0 Å². The van der Waals surface area contributed by atoms with Gasteiger partial charge in [0, 0.05) is 6.08 Å². The van der Waals surface area contributed by atoms with E-state index >= 15 is 0 Å². The first kappa shape index (κ1) is 10.8. The maximum Gasteiger partial charge on any atom is 0.241 e. The molecule has 2 N–H and O–H groups in total. The van der Waals surface area contributed by atoms with E-state index in [1.165, 1.54) is 6.08 Å². The van der Waals surface area contributed by atoms with E-state index < -0.39 is 5.91 Å². The molecule has 0 aliphatic carbocycles. The number of ether oxygens (including phenoxy) is 1. The van der Waals surface area contributed by atoms with Crippen molar-refractivity contribution in [3.8, 4) is 5.75 Å². The predicted octanol–water partition coefficient (Wildman–Crippen LogP) is 1.96. The van der Waals surface area contributed by atoms with Crippen LogP contribution in [0.15, 0.2) is 28.7 Å². The van der Waals surface area contributed by atoms with E-state index in [1.54, 1.807) is 13.2 Å². The molecule has 0 heterocycles. The Balaban J connectivity index is 2.91. The van der Waals surface area contributed by atoms with Crippen molar-refractivity contribution in [2.24, 2.45) is 5.73 Å². The van der Waals surface area contributed by atoms with Crippen molar-refractivity contribution >= 4 is 27.9 Å². The lowest BCUT2D eigenvalue weighted by atomic mass is 10.2. The number of carbonyl (C=O) groups is 1. The van der Waals surface area contributed by atoms with E-state index in [0.29, 0.717) is 0 Å². The second-order valence-electron chi connectivity index (χ2n) is 2.63. The summed E-state index contributed by atoms with van der Waals surface area (Å²) in [5, 5.41) is 0. The van der Waals surface area contributed by atoms with Crippen LogP contribution < -0.4 is 10.5 Å². The Hall–Kier alpha value is -1.29. The van der Waals surface area contributed by atoms with E-state index in [2.05, 4.69) is 15.9 Å². The number of amides is 1. The lowest BCUT2D eigenvalue weighted by Crippen LogP contribution is -2.05. The van der Waals surface area contributed by atoms with Crippen LogP contribution in [0.1, 0.15) is 5.56 Å². The molecule has 1 amide bonds. The highest BCUT2D eigenvalue weighted by atomic mass is 79.9. The van der Waals surface area contributed by atoms with Crippen LogP contribution in [-0.2, 0) is 4.79 Å². The lowest BCUT2D eigenvalue weighted by molar-refractivity contribution is -0.113. The number of nitrogens with two attached hydrogens (primary N) is 1. The molecule has 1 aromatic carbocycles. The summed E-state index contributed by atoms with van der Waals surface area (Å²) in [6.07, 6.45) is 2.96. The fraction of sp³-hybridized carbons (Fsp3) is 0.100. The highest BCUT2D eigenvalue weighted by Gasteiger charge is 1.98. The minimum Gasteiger partial charge on any atom is -0.496 e. The fourth-order valence-electron chi connectivity index (χ4n) is 0.965.